The first-order valence-electron chi connectivity index (χ1n) is 12.5. The first kappa shape index (κ1) is 24.6. The molecule has 0 atom stereocenters. The molecule has 0 bridgehead atoms. The normalized spacial score (nSPS) is 14.2. The summed E-state index contributed by atoms with van der Waals surface area (Å²) in [5.74, 6) is 0. The highest BCUT2D eigenvalue weighted by atomic mass is 15.2. The van der Waals surface area contributed by atoms with E-state index >= 15 is 0 Å². The van der Waals surface area contributed by atoms with Crippen molar-refractivity contribution in [3.05, 3.63) is 99.1 Å². The van der Waals surface area contributed by atoms with Crippen molar-refractivity contribution >= 4 is 23.5 Å². The quantitative estimate of drug-likeness (QED) is 0.261. The molecule has 2 aromatic carbocycles. The molecule has 0 saturated heterocycles. The zero-order valence-electron chi connectivity index (χ0n) is 21.0. The highest BCUT2D eigenvalue weighted by Crippen LogP contribution is 2.38. The van der Waals surface area contributed by atoms with Gasteiger partial charge in [0.15, 0.2) is 0 Å². The van der Waals surface area contributed by atoms with E-state index in [0.717, 1.165) is 59.3 Å². The van der Waals surface area contributed by atoms with Gasteiger partial charge in [0.05, 0.1) is 0 Å². The summed E-state index contributed by atoms with van der Waals surface area (Å²) in [4.78, 5) is 0. The molecule has 0 unspecified atom stereocenters. The summed E-state index contributed by atoms with van der Waals surface area (Å²) in [5.41, 5.74) is 21.6. The predicted molar refractivity (Wildman–Crippen MR) is 144 cm³/mol. The molecule has 0 aliphatic carbocycles. The van der Waals surface area contributed by atoms with Crippen molar-refractivity contribution in [3.8, 4) is 0 Å². The van der Waals surface area contributed by atoms with Gasteiger partial charge in [-0.25, -0.2) is 4.70 Å². The van der Waals surface area contributed by atoms with Crippen LogP contribution in [0.15, 0.2) is 60.2 Å². The standard InChI is InChI=1S/C31H38N2/c1-6-11-12-15-27-22-30(28-18-23(9-4)16-24(10-5)19-28)33(32)31(27)29-20-25(13-7-2)17-26(21-29)14-8-3/h7-8,13-14,16-22H,6,9-12,15H2,1-5H3. The van der Waals surface area contributed by atoms with Crippen molar-refractivity contribution in [3.63, 3.8) is 0 Å². The Hall–Kier alpha value is -3.00. The fourth-order valence-corrected chi connectivity index (χ4v) is 4.53. The van der Waals surface area contributed by atoms with E-state index in [9.17, 15) is 5.53 Å². The molecule has 33 heavy (non-hydrogen) atoms. The van der Waals surface area contributed by atoms with Crippen LogP contribution in [-0.2, 0) is 12.8 Å². The van der Waals surface area contributed by atoms with Crippen LogP contribution in [0.25, 0.3) is 29.1 Å². The second kappa shape index (κ2) is 11.7. The van der Waals surface area contributed by atoms with Crippen molar-refractivity contribution in [2.24, 2.45) is 0 Å². The van der Waals surface area contributed by atoms with Gasteiger partial charge >= 0.3 is 0 Å². The van der Waals surface area contributed by atoms with Crippen molar-refractivity contribution in [1.29, 1.82) is 0 Å². The Morgan fingerprint density at radius 1 is 0.758 bits per heavy atom. The predicted octanol–water partition coefficient (Wildman–Crippen LogP) is 9.26. The molecule has 2 aromatic rings. The van der Waals surface area contributed by atoms with Gasteiger partial charge in [-0.05, 0) is 92.1 Å². The minimum Gasteiger partial charge on any atom is -0.493 e. The fraction of sp³-hybridized carbons (Fsp3) is 0.355. The second-order valence-corrected chi connectivity index (χ2v) is 8.81. The zero-order valence-corrected chi connectivity index (χ0v) is 21.0. The third kappa shape index (κ3) is 5.87. The largest absolute Gasteiger partial charge is 0.493 e. The third-order valence-electron chi connectivity index (χ3n) is 6.24. The number of hydrogen-bond acceptors (Lipinski definition) is 0. The third-order valence-corrected chi connectivity index (χ3v) is 6.24. The summed E-state index contributed by atoms with van der Waals surface area (Å²) in [7, 11) is 0. The van der Waals surface area contributed by atoms with Crippen LogP contribution < -0.4 is 0 Å². The first-order chi connectivity index (χ1) is 16.0. The molecular weight excluding hydrogens is 400 g/mol. The molecule has 0 radical (unpaired) electrons. The molecule has 0 aromatic heterocycles. The molecule has 0 fully saturated rings. The Bertz CT molecular complexity index is 1070. The van der Waals surface area contributed by atoms with E-state index < -0.39 is 0 Å². The van der Waals surface area contributed by atoms with Gasteiger partial charge in [-0.15, -0.1) is 0 Å². The lowest BCUT2D eigenvalue weighted by Crippen LogP contribution is -2.04. The number of benzene rings is 2. The zero-order chi connectivity index (χ0) is 23.8. The summed E-state index contributed by atoms with van der Waals surface area (Å²) >= 11 is 0. The Labute approximate surface area is 200 Å². The van der Waals surface area contributed by atoms with Crippen molar-refractivity contribution < 1.29 is 4.70 Å². The van der Waals surface area contributed by atoms with Crippen LogP contribution in [0, 0.1) is 0 Å². The highest BCUT2D eigenvalue weighted by molar-refractivity contribution is 5.80. The van der Waals surface area contributed by atoms with Crippen molar-refractivity contribution in [2.45, 2.75) is 73.1 Å². The lowest BCUT2D eigenvalue weighted by atomic mass is 9.98. The Kier molecular flexibility index (Phi) is 8.77. The maximum absolute atomic E-state index is 11.5. The van der Waals surface area contributed by atoms with Gasteiger partial charge in [0.2, 0.25) is 11.4 Å². The van der Waals surface area contributed by atoms with E-state index in [-0.39, 0.29) is 0 Å². The number of nitrogens with zero attached hydrogens (tertiary/aromatic N) is 2. The average molecular weight is 439 g/mol. The van der Waals surface area contributed by atoms with E-state index in [0.29, 0.717) is 0 Å². The van der Waals surface area contributed by atoms with Crippen LogP contribution in [0.5, 0.6) is 0 Å². The lowest BCUT2D eigenvalue weighted by molar-refractivity contribution is -0.344. The summed E-state index contributed by atoms with van der Waals surface area (Å²) in [6, 6.07) is 13.3. The van der Waals surface area contributed by atoms with Crippen molar-refractivity contribution in [2.75, 3.05) is 0 Å². The van der Waals surface area contributed by atoms with Crippen LogP contribution in [0.2, 0.25) is 0 Å². The number of unbranched alkanes of at least 4 members (excludes halogenated alkanes) is 2. The molecular formula is C31H38N2. The fourth-order valence-electron chi connectivity index (χ4n) is 4.53. The molecule has 2 nitrogen and oxygen atoms in total. The molecule has 1 heterocycles. The van der Waals surface area contributed by atoms with Crippen LogP contribution in [-0.4, -0.2) is 4.70 Å². The minimum atomic E-state index is 0.880. The number of hydrogen-bond donors (Lipinski definition) is 0. The van der Waals surface area contributed by atoms with Crippen LogP contribution in [0.3, 0.4) is 0 Å². The van der Waals surface area contributed by atoms with E-state index in [1.165, 1.54) is 34.2 Å². The topological polar surface area (TPSA) is 25.3 Å². The van der Waals surface area contributed by atoms with Gasteiger partial charge in [-0.3, -0.25) is 0 Å². The maximum atomic E-state index is 11.5. The van der Waals surface area contributed by atoms with Crippen LogP contribution in [0.4, 0.5) is 0 Å². The number of rotatable bonds is 10. The summed E-state index contributed by atoms with van der Waals surface area (Å²) < 4.78 is 1.43. The average Bonchev–Trinajstić information content (AvgIpc) is 3.15. The summed E-state index contributed by atoms with van der Waals surface area (Å²) in [5, 5.41) is 0. The SMILES string of the molecule is CC=Cc1cc(C=CC)cc(C2=C(CCCCC)C=C(c3cc(CC)cc(CC)c3)[N+]2=[N-])c1. The monoisotopic (exact) mass is 438 g/mol. The molecule has 172 valence electrons. The summed E-state index contributed by atoms with van der Waals surface area (Å²) in [6.07, 6.45) is 17.0. The van der Waals surface area contributed by atoms with Crippen molar-refractivity contribution in [1.82, 2.24) is 0 Å². The number of aryl methyl sites for hydroxylation is 2. The second-order valence-electron chi connectivity index (χ2n) is 8.81. The number of allylic oxidation sites excluding steroid dienone is 4. The van der Waals surface area contributed by atoms with E-state index in [4.69, 9.17) is 0 Å². The highest BCUT2D eigenvalue weighted by Gasteiger charge is 2.29. The summed E-state index contributed by atoms with van der Waals surface area (Å²) in [6.45, 7) is 10.7. The molecule has 0 N–H and O–H groups in total. The van der Waals surface area contributed by atoms with Crippen LogP contribution in [0.1, 0.15) is 93.7 Å². The lowest BCUT2D eigenvalue weighted by Gasteiger charge is -2.13. The smallest absolute Gasteiger partial charge is 0.210 e. The minimum absolute atomic E-state index is 0.880. The maximum Gasteiger partial charge on any atom is 0.210 e. The van der Waals surface area contributed by atoms with Gasteiger partial charge < -0.3 is 5.53 Å². The van der Waals surface area contributed by atoms with Gasteiger partial charge in [-0.2, -0.15) is 0 Å². The van der Waals surface area contributed by atoms with Gasteiger partial charge in [0, 0.05) is 22.8 Å². The molecule has 3 rings (SSSR count). The van der Waals surface area contributed by atoms with Gasteiger partial charge in [0.25, 0.3) is 0 Å². The van der Waals surface area contributed by atoms with E-state index in [1.54, 1.807) is 0 Å². The molecule has 1 aliphatic rings. The molecule has 0 spiro atoms. The molecule has 0 saturated carbocycles. The Morgan fingerprint density at radius 3 is 1.88 bits per heavy atom. The van der Waals surface area contributed by atoms with E-state index in [2.05, 4.69) is 87.5 Å². The van der Waals surface area contributed by atoms with Gasteiger partial charge in [0.1, 0.15) is 0 Å². The molecule has 0 amide bonds. The first-order valence-corrected chi connectivity index (χ1v) is 12.5. The molecule has 2 heteroatoms. The van der Waals surface area contributed by atoms with Gasteiger partial charge in [-0.1, -0.05) is 64.0 Å². The molecule has 1 aliphatic heterocycles. The van der Waals surface area contributed by atoms with Crippen LogP contribution >= 0.6 is 0 Å². The Balaban J connectivity index is 2.12. The van der Waals surface area contributed by atoms with E-state index in [1.807, 2.05) is 13.8 Å². The Morgan fingerprint density at radius 2 is 1.36 bits per heavy atom.